The highest BCUT2D eigenvalue weighted by molar-refractivity contribution is 7.09. The number of hydrogen-bond donors (Lipinski definition) is 0. The molecule has 84 valence electrons. The average Bonchev–Trinajstić information content (AvgIpc) is 2.85. The first kappa shape index (κ1) is 11.4. The van der Waals surface area contributed by atoms with Gasteiger partial charge < -0.3 is 0 Å². The molecule has 15 heavy (non-hydrogen) atoms. The third-order valence-corrected chi connectivity index (χ3v) is 5.24. The van der Waals surface area contributed by atoms with Gasteiger partial charge in [-0.05, 0) is 38.0 Å². The molecule has 1 nitrogen and oxygen atoms in total. The van der Waals surface area contributed by atoms with E-state index in [-0.39, 0.29) is 0 Å². The van der Waals surface area contributed by atoms with Gasteiger partial charge in [-0.25, -0.2) is 4.98 Å². The molecule has 0 N–H and O–H groups in total. The predicted octanol–water partition coefficient (Wildman–Crippen LogP) is 4.18. The SMILES string of the molecule is Cc1ncsc1CCC1(CCl)CCCC1. The van der Waals surface area contributed by atoms with Gasteiger partial charge >= 0.3 is 0 Å². The number of aromatic nitrogens is 1. The Morgan fingerprint density at radius 3 is 2.73 bits per heavy atom. The first-order chi connectivity index (χ1) is 7.26. The molecule has 0 unspecified atom stereocenters. The van der Waals surface area contributed by atoms with Gasteiger partial charge in [-0.2, -0.15) is 0 Å². The molecule has 0 aromatic carbocycles. The Balaban J connectivity index is 1.94. The van der Waals surface area contributed by atoms with Crippen molar-refractivity contribution in [3.63, 3.8) is 0 Å². The lowest BCUT2D eigenvalue weighted by Gasteiger charge is -2.25. The van der Waals surface area contributed by atoms with Crippen LogP contribution in [0.4, 0.5) is 0 Å². The van der Waals surface area contributed by atoms with Crippen molar-refractivity contribution in [1.29, 1.82) is 0 Å². The number of thiazole rings is 1. The lowest BCUT2D eigenvalue weighted by atomic mass is 9.83. The van der Waals surface area contributed by atoms with Crippen molar-refractivity contribution in [2.75, 3.05) is 5.88 Å². The first-order valence-corrected chi connectivity index (χ1v) is 7.12. The normalized spacial score (nSPS) is 19.6. The van der Waals surface area contributed by atoms with Crippen LogP contribution in [0, 0.1) is 12.3 Å². The Labute approximate surface area is 101 Å². The fourth-order valence-corrected chi connectivity index (χ4v) is 3.70. The molecule has 1 fully saturated rings. The summed E-state index contributed by atoms with van der Waals surface area (Å²) in [7, 11) is 0. The van der Waals surface area contributed by atoms with E-state index in [0.29, 0.717) is 5.41 Å². The molecule has 2 rings (SSSR count). The molecule has 1 heterocycles. The van der Waals surface area contributed by atoms with E-state index >= 15 is 0 Å². The maximum atomic E-state index is 6.13. The van der Waals surface area contributed by atoms with E-state index in [1.807, 2.05) is 5.51 Å². The fraction of sp³-hybridized carbons (Fsp3) is 0.750. The van der Waals surface area contributed by atoms with Crippen molar-refractivity contribution in [3.8, 4) is 0 Å². The summed E-state index contributed by atoms with van der Waals surface area (Å²) in [5.41, 5.74) is 3.60. The summed E-state index contributed by atoms with van der Waals surface area (Å²) in [6.07, 6.45) is 7.81. The minimum Gasteiger partial charge on any atom is -0.250 e. The summed E-state index contributed by atoms with van der Waals surface area (Å²) in [6, 6.07) is 0. The zero-order valence-electron chi connectivity index (χ0n) is 9.26. The summed E-state index contributed by atoms with van der Waals surface area (Å²) < 4.78 is 0. The van der Waals surface area contributed by atoms with Gasteiger partial charge in [-0.1, -0.05) is 12.8 Å². The van der Waals surface area contributed by atoms with Crippen LogP contribution in [0.2, 0.25) is 0 Å². The minimum atomic E-state index is 0.442. The molecule has 0 radical (unpaired) electrons. The van der Waals surface area contributed by atoms with E-state index in [0.717, 1.165) is 5.88 Å². The van der Waals surface area contributed by atoms with Gasteiger partial charge in [0.25, 0.3) is 0 Å². The first-order valence-electron chi connectivity index (χ1n) is 5.71. The molecule has 0 spiro atoms. The van der Waals surface area contributed by atoms with Gasteiger partial charge in [-0.15, -0.1) is 22.9 Å². The topological polar surface area (TPSA) is 12.9 Å². The van der Waals surface area contributed by atoms with Crippen molar-refractivity contribution in [3.05, 3.63) is 16.1 Å². The third-order valence-electron chi connectivity index (χ3n) is 3.67. The summed E-state index contributed by atoms with van der Waals surface area (Å²) in [6.45, 7) is 2.11. The summed E-state index contributed by atoms with van der Waals surface area (Å²) >= 11 is 7.92. The monoisotopic (exact) mass is 243 g/mol. The van der Waals surface area contributed by atoms with Crippen LogP contribution in [-0.4, -0.2) is 10.9 Å². The fourth-order valence-electron chi connectivity index (χ4n) is 2.52. The molecular formula is C12H18ClNS. The van der Waals surface area contributed by atoms with Crippen LogP contribution in [0.15, 0.2) is 5.51 Å². The molecule has 0 bridgehead atoms. The van der Waals surface area contributed by atoms with Gasteiger partial charge in [0.05, 0.1) is 11.2 Å². The second kappa shape index (κ2) is 4.84. The summed E-state index contributed by atoms with van der Waals surface area (Å²) in [5.74, 6) is 0.838. The van der Waals surface area contributed by atoms with E-state index in [1.54, 1.807) is 11.3 Å². The zero-order valence-corrected chi connectivity index (χ0v) is 10.8. The number of halogens is 1. The molecule has 1 aromatic heterocycles. The van der Waals surface area contributed by atoms with E-state index in [1.165, 1.54) is 49.1 Å². The average molecular weight is 244 g/mol. The molecule has 0 aliphatic heterocycles. The Morgan fingerprint density at radius 2 is 2.20 bits per heavy atom. The van der Waals surface area contributed by atoms with E-state index in [2.05, 4.69) is 11.9 Å². The van der Waals surface area contributed by atoms with Gasteiger partial charge in [0.1, 0.15) is 0 Å². The van der Waals surface area contributed by atoms with E-state index in [4.69, 9.17) is 11.6 Å². The molecular weight excluding hydrogens is 226 g/mol. The molecule has 1 saturated carbocycles. The molecule has 1 aliphatic rings. The van der Waals surface area contributed by atoms with E-state index < -0.39 is 0 Å². The lowest BCUT2D eigenvalue weighted by Crippen LogP contribution is -2.19. The molecule has 0 amide bonds. The van der Waals surface area contributed by atoms with Gasteiger partial charge in [0, 0.05) is 10.8 Å². The summed E-state index contributed by atoms with van der Waals surface area (Å²) in [5, 5.41) is 0. The van der Waals surface area contributed by atoms with Crippen LogP contribution in [0.3, 0.4) is 0 Å². The Kier molecular flexibility index (Phi) is 3.68. The molecule has 0 atom stereocenters. The van der Waals surface area contributed by atoms with E-state index in [9.17, 15) is 0 Å². The Morgan fingerprint density at radius 1 is 1.47 bits per heavy atom. The standard InChI is InChI=1S/C12H18ClNS/c1-10-11(15-9-14-10)4-7-12(8-13)5-2-3-6-12/h9H,2-8H2,1H3. The van der Waals surface area contributed by atoms with Crippen LogP contribution in [-0.2, 0) is 6.42 Å². The van der Waals surface area contributed by atoms with Crippen molar-refractivity contribution in [2.45, 2.75) is 45.4 Å². The van der Waals surface area contributed by atoms with Crippen LogP contribution in [0.25, 0.3) is 0 Å². The van der Waals surface area contributed by atoms with Gasteiger partial charge in [-0.3, -0.25) is 0 Å². The lowest BCUT2D eigenvalue weighted by molar-refractivity contribution is 0.315. The van der Waals surface area contributed by atoms with Crippen molar-refractivity contribution in [1.82, 2.24) is 4.98 Å². The van der Waals surface area contributed by atoms with Crippen molar-refractivity contribution < 1.29 is 0 Å². The number of rotatable bonds is 4. The largest absolute Gasteiger partial charge is 0.250 e. The molecule has 3 heteroatoms. The van der Waals surface area contributed by atoms with Crippen LogP contribution < -0.4 is 0 Å². The highest BCUT2D eigenvalue weighted by Gasteiger charge is 2.32. The number of nitrogens with zero attached hydrogens (tertiary/aromatic N) is 1. The van der Waals surface area contributed by atoms with Crippen LogP contribution >= 0.6 is 22.9 Å². The summed E-state index contributed by atoms with van der Waals surface area (Å²) in [4.78, 5) is 5.75. The molecule has 0 saturated heterocycles. The number of hydrogen-bond acceptors (Lipinski definition) is 2. The number of alkyl halides is 1. The quantitative estimate of drug-likeness (QED) is 0.723. The van der Waals surface area contributed by atoms with Gasteiger partial charge in [0.2, 0.25) is 0 Å². The van der Waals surface area contributed by atoms with Crippen molar-refractivity contribution >= 4 is 22.9 Å². The van der Waals surface area contributed by atoms with Crippen LogP contribution in [0.1, 0.15) is 42.7 Å². The molecule has 1 aromatic rings. The van der Waals surface area contributed by atoms with Crippen molar-refractivity contribution in [2.24, 2.45) is 5.41 Å². The third kappa shape index (κ3) is 2.54. The maximum absolute atomic E-state index is 6.13. The van der Waals surface area contributed by atoms with Gasteiger partial charge in [0.15, 0.2) is 0 Å². The highest BCUT2D eigenvalue weighted by atomic mass is 35.5. The smallest absolute Gasteiger partial charge is 0.0797 e. The highest BCUT2D eigenvalue weighted by Crippen LogP contribution is 2.43. The minimum absolute atomic E-state index is 0.442. The second-order valence-corrected chi connectivity index (χ2v) is 5.91. The second-order valence-electron chi connectivity index (χ2n) is 4.70. The maximum Gasteiger partial charge on any atom is 0.0797 e. The molecule has 1 aliphatic carbocycles. The Bertz CT molecular complexity index is 315. The predicted molar refractivity (Wildman–Crippen MR) is 66.8 cm³/mol. The zero-order chi connectivity index (χ0) is 10.7. The Hall–Kier alpha value is -0.0800. The number of aryl methyl sites for hydroxylation is 2. The van der Waals surface area contributed by atoms with Crippen LogP contribution in [0.5, 0.6) is 0 Å².